The second-order valence-corrected chi connectivity index (χ2v) is 4.93. The Hall–Kier alpha value is -3.79. The molecule has 0 aliphatic rings. The molecule has 0 spiro atoms. The highest BCUT2D eigenvalue weighted by Crippen LogP contribution is 2.21. The summed E-state index contributed by atoms with van der Waals surface area (Å²) in [5.41, 5.74) is 6.25. The SMILES string of the molecule is N#Cc1cnc(Nn2cnc3cccnc32)nc1-c1cc[c]cc1. The Kier molecular flexibility index (Phi) is 3.33. The van der Waals surface area contributed by atoms with Gasteiger partial charge in [0.05, 0.1) is 17.5 Å². The van der Waals surface area contributed by atoms with E-state index in [1.165, 1.54) is 6.20 Å². The monoisotopic (exact) mass is 312 g/mol. The minimum absolute atomic E-state index is 0.349. The lowest BCUT2D eigenvalue weighted by molar-refractivity contribution is 0.930. The zero-order valence-electron chi connectivity index (χ0n) is 12.4. The molecule has 3 heterocycles. The molecule has 113 valence electrons. The Morgan fingerprint density at radius 1 is 1.12 bits per heavy atom. The minimum Gasteiger partial charge on any atom is -0.258 e. The maximum Gasteiger partial charge on any atom is 0.242 e. The van der Waals surface area contributed by atoms with Crippen molar-refractivity contribution in [2.75, 3.05) is 5.43 Å². The molecule has 24 heavy (non-hydrogen) atoms. The van der Waals surface area contributed by atoms with Gasteiger partial charge in [0, 0.05) is 11.8 Å². The Labute approximate surface area is 137 Å². The van der Waals surface area contributed by atoms with Crippen molar-refractivity contribution in [3.63, 3.8) is 0 Å². The molecule has 0 fully saturated rings. The molecule has 7 heteroatoms. The molecule has 0 saturated carbocycles. The van der Waals surface area contributed by atoms with Crippen LogP contribution in [0.1, 0.15) is 5.56 Å². The summed E-state index contributed by atoms with van der Waals surface area (Å²) in [4.78, 5) is 17.2. The van der Waals surface area contributed by atoms with Gasteiger partial charge in [0.15, 0.2) is 5.65 Å². The van der Waals surface area contributed by atoms with Gasteiger partial charge in [-0.1, -0.05) is 24.3 Å². The summed E-state index contributed by atoms with van der Waals surface area (Å²) in [6, 6.07) is 16.0. The number of benzene rings is 1. The molecule has 0 amide bonds. The standard InChI is InChI=1S/C17H10N7/c18-9-13-10-20-17(22-15(13)12-5-2-1-3-6-12)23-24-11-21-14-7-4-8-19-16(14)24/h2-8,10-11H,(H,20,22,23). The smallest absolute Gasteiger partial charge is 0.242 e. The lowest BCUT2D eigenvalue weighted by Crippen LogP contribution is -2.11. The molecule has 0 saturated heterocycles. The Bertz CT molecular complexity index is 1050. The molecular weight excluding hydrogens is 302 g/mol. The van der Waals surface area contributed by atoms with E-state index in [2.05, 4.69) is 37.5 Å². The zero-order valence-corrected chi connectivity index (χ0v) is 12.4. The van der Waals surface area contributed by atoms with E-state index >= 15 is 0 Å². The third kappa shape index (κ3) is 2.42. The van der Waals surface area contributed by atoms with Gasteiger partial charge in [-0.2, -0.15) is 5.26 Å². The number of anilines is 1. The van der Waals surface area contributed by atoms with E-state index in [0.29, 0.717) is 22.9 Å². The maximum atomic E-state index is 9.29. The molecule has 0 atom stereocenters. The highest BCUT2D eigenvalue weighted by atomic mass is 15.5. The molecule has 0 aliphatic heterocycles. The van der Waals surface area contributed by atoms with Crippen molar-refractivity contribution in [1.29, 1.82) is 5.26 Å². The van der Waals surface area contributed by atoms with Gasteiger partial charge in [-0.15, -0.1) is 0 Å². The van der Waals surface area contributed by atoms with Crippen LogP contribution >= 0.6 is 0 Å². The highest BCUT2D eigenvalue weighted by Gasteiger charge is 2.10. The first-order valence-corrected chi connectivity index (χ1v) is 7.14. The van der Waals surface area contributed by atoms with Gasteiger partial charge >= 0.3 is 0 Å². The summed E-state index contributed by atoms with van der Waals surface area (Å²) in [5.74, 6) is 0.349. The Morgan fingerprint density at radius 2 is 2.00 bits per heavy atom. The Balaban J connectivity index is 1.76. The number of fused-ring (bicyclic) bond motifs is 1. The first kappa shape index (κ1) is 13.8. The van der Waals surface area contributed by atoms with Crippen molar-refractivity contribution < 1.29 is 0 Å². The predicted molar refractivity (Wildman–Crippen MR) is 87.6 cm³/mol. The second-order valence-electron chi connectivity index (χ2n) is 4.93. The molecule has 1 aromatic carbocycles. The average Bonchev–Trinajstić information content (AvgIpc) is 3.05. The third-order valence-electron chi connectivity index (χ3n) is 3.43. The van der Waals surface area contributed by atoms with Crippen LogP contribution in [0.15, 0.2) is 55.1 Å². The summed E-state index contributed by atoms with van der Waals surface area (Å²) in [6.07, 6.45) is 4.79. The van der Waals surface area contributed by atoms with E-state index in [1.807, 2.05) is 24.3 Å². The largest absolute Gasteiger partial charge is 0.258 e. The van der Waals surface area contributed by atoms with E-state index in [-0.39, 0.29) is 0 Å². The number of nitriles is 1. The normalized spacial score (nSPS) is 10.5. The summed E-state index contributed by atoms with van der Waals surface area (Å²) < 4.78 is 1.64. The van der Waals surface area contributed by atoms with Gasteiger partial charge in [0.25, 0.3) is 0 Å². The molecule has 7 nitrogen and oxygen atoms in total. The van der Waals surface area contributed by atoms with Gasteiger partial charge in [-0.25, -0.2) is 24.6 Å². The molecule has 0 unspecified atom stereocenters. The summed E-state index contributed by atoms with van der Waals surface area (Å²) in [5, 5.41) is 9.29. The molecule has 4 aromatic rings. The van der Waals surface area contributed by atoms with E-state index < -0.39 is 0 Å². The fourth-order valence-corrected chi connectivity index (χ4v) is 2.32. The molecule has 3 aromatic heterocycles. The maximum absolute atomic E-state index is 9.29. The van der Waals surface area contributed by atoms with Crippen LogP contribution in [0.4, 0.5) is 5.95 Å². The van der Waals surface area contributed by atoms with Crippen LogP contribution in [0.2, 0.25) is 0 Å². The van der Waals surface area contributed by atoms with Gasteiger partial charge < -0.3 is 0 Å². The van der Waals surface area contributed by atoms with E-state index in [1.54, 1.807) is 29.3 Å². The summed E-state index contributed by atoms with van der Waals surface area (Å²) >= 11 is 0. The molecule has 0 aliphatic carbocycles. The van der Waals surface area contributed by atoms with Crippen LogP contribution in [0.25, 0.3) is 22.4 Å². The van der Waals surface area contributed by atoms with Crippen LogP contribution < -0.4 is 5.43 Å². The average molecular weight is 312 g/mol. The van der Waals surface area contributed by atoms with Gasteiger partial charge in [-0.3, -0.25) is 5.43 Å². The molecular formula is C17H10N7. The van der Waals surface area contributed by atoms with Crippen LogP contribution in [0.5, 0.6) is 0 Å². The Morgan fingerprint density at radius 3 is 2.83 bits per heavy atom. The number of hydrogen-bond acceptors (Lipinski definition) is 6. The zero-order chi connectivity index (χ0) is 16.4. The van der Waals surface area contributed by atoms with Crippen molar-refractivity contribution in [3.05, 3.63) is 66.7 Å². The number of nitrogens with zero attached hydrogens (tertiary/aromatic N) is 6. The van der Waals surface area contributed by atoms with Crippen LogP contribution in [-0.2, 0) is 0 Å². The van der Waals surface area contributed by atoms with E-state index in [0.717, 1.165) is 11.1 Å². The number of hydrogen-bond donors (Lipinski definition) is 1. The highest BCUT2D eigenvalue weighted by molar-refractivity contribution is 5.71. The van der Waals surface area contributed by atoms with E-state index in [9.17, 15) is 5.26 Å². The number of rotatable bonds is 3. The lowest BCUT2D eigenvalue weighted by atomic mass is 10.1. The predicted octanol–water partition coefficient (Wildman–Crippen LogP) is 2.44. The van der Waals surface area contributed by atoms with Gasteiger partial charge in [0.2, 0.25) is 5.95 Å². The van der Waals surface area contributed by atoms with E-state index in [4.69, 9.17) is 0 Å². The molecule has 0 bridgehead atoms. The minimum atomic E-state index is 0.349. The third-order valence-corrected chi connectivity index (χ3v) is 3.43. The quantitative estimate of drug-likeness (QED) is 0.624. The number of imidazole rings is 1. The molecule has 1 radical (unpaired) electrons. The molecule has 1 N–H and O–H groups in total. The topological polar surface area (TPSA) is 92.3 Å². The fraction of sp³-hybridized carbons (Fsp3) is 0. The lowest BCUT2D eigenvalue weighted by Gasteiger charge is -2.08. The fourth-order valence-electron chi connectivity index (χ4n) is 2.32. The van der Waals surface area contributed by atoms with Crippen molar-refractivity contribution in [1.82, 2.24) is 24.6 Å². The van der Waals surface area contributed by atoms with Crippen molar-refractivity contribution in [2.24, 2.45) is 0 Å². The number of aromatic nitrogens is 5. The van der Waals surface area contributed by atoms with Gasteiger partial charge in [-0.05, 0) is 18.2 Å². The summed E-state index contributed by atoms with van der Waals surface area (Å²) in [6.45, 7) is 0. The molecule has 4 rings (SSSR count). The van der Waals surface area contributed by atoms with Crippen molar-refractivity contribution in [2.45, 2.75) is 0 Å². The van der Waals surface area contributed by atoms with Crippen LogP contribution in [-0.4, -0.2) is 24.6 Å². The van der Waals surface area contributed by atoms with Crippen LogP contribution in [0.3, 0.4) is 0 Å². The van der Waals surface area contributed by atoms with Gasteiger partial charge in [0.1, 0.15) is 17.9 Å². The van der Waals surface area contributed by atoms with Crippen molar-refractivity contribution in [3.8, 4) is 17.3 Å². The van der Waals surface area contributed by atoms with Crippen LogP contribution in [0, 0.1) is 17.4 Å². The second kappa shape index (κ2) is 5.78. The van der Waals surface area contributed by atoms with Crippen molar-refractivity contribution >= 4 is 17.1 Å². The first-order valence-electron chi connectivity index (χ1n) is 7.14. The number of pyridine rings is 1. The number of nitrogens with one attached hydrogen (secondary N) is 1. The first-order chi connectivity index (χ1) is 11.8. The summed E-state index contributed by atoms with van der Waals surface area (Å²) in [7, 11) is 0.